The molecule has 3 aliphatic carbocycles. The summed E-state index contributed by atoms with van der Waals surface area (Å²) in [5.74, 6) is 0.845. The van der Waals surface area contributed by atoms with Gasteiger partial charge in [-0.2, -0.15) is 9.78 Å². The van der Waals surface area contributed by atoms with E-state index in [9.17, 15) is 4.79 Å². The molecule has 7 atom stereocenters. The number of nitrogens with one attached hydrogen (secondary N) is 2. The molecular weight excluding hydrogens is 534 g/mol. The molecule has 1 aromatic heterocycles. The molecule has 230 valence electrons. The number of rotatable bonds is 9. The van der Waals surface area contributed by atoms with Gasteiger partial charge in [-0.25, -0.2) is 4.79 Å². The number of carbonyl (C=O) groups is 1. The molecule has 2 bridgehead atoms. The Kier molecular flexibility index (Phi) is 8.80. The fourth-order valence-electron chi connectivity index (χ4n) is 7.93. The van der Waals surface area contributed by atoms with Crippen LogP contribution in [0.15, 0.2) is 30.5 Å². The van der Waals surface area contributed by atoms with Crippen LogP contribution in [-0.4, -0.2) is 48.5 Å². The lowest BCUT2D eigenvalue weighted by Gasteiger charge is -2.49. The fraction of sp³-hybridized carbons (Fsp3) is 0.697. The molecule has 42 heavy (non-hydrogen) atoms. The maximum absolute atomic E-state index is 12.7. The van der Waals surface area contributed by atoms with E-state index in [4.69, 9.17) is 24.0 Å². The Morgan fingerprint density at radius 2 is 2.10 bits per heavy atom. The van der Waals surface area contributed by atoms with Crippen LogP contribution in [0.2, 0.25) is 0 Å². The first kappa shape index (κ1) is 29.5. The van der Waals surface area contributed by atoms with Gasteiger partial charge in [-0.15, -0.1) is 0 Å². The quantitative estimate of drug-likeness (QED) is 0.239. The Morgan fingerprint density at radius 3 is 2.95 bits per heavy atom. The first-order valence-electron chi connectivity index (χ1n) is 16.1. The number of methoxy groups -OCH3 is 1. The van der Waals surface area contributed by atoms with Gasteiger partial charge in [-0.05, 0) is 76.3 Å². The summed E-state index contributed by atoms with van der Waals surface area (Å²) >= 11 is 0. The molecule has 2 N–H and O–H groups in total. The van der Waals surface area contributed by atoms with Crippen LogP contribution in [0, 0.1) is 17.8 Å². The lowest BCUT2D eigenvalue weighted by Crippen LogP contribution is -2.54. The molecule has 9 nitrogen and oxygen atoms in total. The van der Waals surface area contributed by atoms with E-state index in [0.29, 0.717) is 24.8 Å². The van der Waals surface area contributed by atoms with Crippen molar-refractivity contribution >= 4 is 22.7 Å². The fourth-order valence-corrected chi connectivity index (χ4v) is 7.93. The van der Waals surface area contributed by atoms with Crippen molar-refractivity contribution < 1.29 is 28.8 Å². The molecule has 1 saturated heterocycles. The largest absolute Gasteiger partial charge is 0.497 e. The smallest absolute Gasteiger partial charge is 0.407 e. The number of fused-ring (bicyclic) bond motifs is 4. The van der Waals surface area contributed by atoms with Gasteiger partial charge in [-0.1, -0.05) is 25.8 Å². The van der Waals surface area contributed by atoms with E-state index in [-0.39, 0.29) is 18.2 Å². The molecule has 6 rings (SSSR count). The molecule has 3 saturated carbocycles. The molecule has 9 heteroatoms. The third kappa shape index (κ3) is 6.06. The summed E-state index contributed by atoms with van der Waals surface area (Å²) in [6.45, 7) is 4.91. The number of hydrogen-bond donors (Lipinski definition) is 2. The van der Waals surface area contributed by atoms with E-state index >= 15 is 0 Å². The van der Waals surface area contributed by atoms with Gasteiger partial charge >= 0.3 is 6.09 Å². The number of alkyl carbamates (subject to hydrolysis) is 1. The molecule has 1 aromatic carbocycles. The normalized spacial score (nSPS) is 33.0. The summed E-state index contributed by atoms with van der Waals surface area (Å²) in [4.78, 5) is 29.5. The second-order valence-corrected chi connectivity index (χ2v) is 13.0. The van der Waals surface area contributed by atoms with Crippen molar-refractivity contribution in [3.63, 3.8) is 0 Å². The summed E-state index contributed by atoms with van der Waals surface area (Å²) in [7, 11) is 1.67. The first-order valence-corrected chi connectivity index (χ1v) is 16.1. The van der Waals surface area contributed by atoms with Crippen molar-refractivity contribution in [2.24, 2.45) is 17.8 Å². The number of carbonyl (C=O) groups excluding carboxylic acids is 1. The van der Waals surface area contributed by atoms with Gasteiger partial charge in [-0.3, -0.25) is 4.98 Å². The van der Waals surface area contributed by atoms with Crippen LogP contribution in [0.4, 0.5) is 10.5 Å². The van der Waals surface area contributed by atoms with Crippen molar-refractivity contribution in [3.05, 3.63) is 30.5 Å². The van der Waals surface area contributed by atoms with E-state index in [0.717, 1.165) is 79.6 Å². The Morgan fingerprint density at radius 1 is 1.19 bits per heavy atom. The minimum absolute atomic E-state index is 0.188. The predicted octanol–water partition coefficient (Wildman–Crippen LogP) is 7.10. The third-order valence-corrected chi connectivity index (χ3v) is 10.00. The Balaban J connectivity index is 0.965. The summed E-state index contributed by atoms with van der Waals surface area (Å²) in [6.07, 6.45) is 12.9. The van der Waals surface area contributed by atoms with E-state index in [1.54, 1.807) is 13.3 Å². The van der Waals surface area contributed by atoms with Crippen LogP contribution < -0.4 is 15.4 Å². The molecule has 2 spiro atoms. The van der Waals surface area contributed by atoms with E-state index in [2.05, 4.69) is 29.5 Å². The summed E-state index contributed by atoms with van der Waals surface area (Å²) in [5, 5.41) is 7.53. The summed E-state index contributed by atoms with van der Waals surface area (Å²) in [5.41, 5.74) is 1.86. The average molecular weight is 582 g/mol. The van der Waals surface area contributed by atoms with E-state index < -0.39 is 11.6 Å². The van der Waals surface area contributed by atoms with Gasteiger partial charge in [0.2, 0.25) is 11.6 Å². The van der Waals surface area contributed by atoms with Crippen molar-refractivity contribution in [1.82, 2.24) is 10.3 Å². The van der Waals surface area contributed by atoms with Crippen LogP contribution in [0.25, 0.3) is 10.9 Å². The van der Waals surface area contributed by atoms with Crippen LogP contribution in [-0.2, 0) is 19.2 Å². The maximum Gasteiger partial charge on any atom is 0.407 e. The number of anilines is 1. The lowest BCUT2D eigenvalue weighted by molar-refractivity contribution is -0.382. The summed E-state index contributed by atoms with van der Waals surface area (Å²) in [6, 6.07) is 8.11. The van der Waals surface area contributed by atoms with Crippen LogP contribution >= 0.6 is 0 Å². The number of pyridine rings is 1. The molecular formula is C33H47N3O6. The zero-order valence-electron chi connectivity index (χ0n) is 25.4. The van der Waals surface area contributed by atoms with Crippen molar-refractivity contribution in [2.75, 3.05) is 19.0 Å². The molecule has 0 radical (unpaired) electrons. The second-order valence-electron chi connectivity index (χ2n) is 13.0. The molecule has 7 unspecified atom stereocenters. The van der Waals surface area contributed by atoms with E-state index in [1.807, 2.05) is 24.3 Å². The van der Waals surface area contributed by atoms with Gasteiger partial charge in [0.05, 0.1) is 18.3 Å². The number of hydrogen-bond acceptors (Lipinski definition) is 8. The zero-order valence-corrected chi connectivity index (χ0v) is 25.4. The molecule has 4 aliphatic rings. The average Bonchev–Trinajstić information content (AvgIpc) is 3.36. The van der Waals surface area contributed by atoms with Gasteiger partial charge < -0.3 is 24.8 Å². The maximum atomic E-state index is 12.7. The number of aromatic nitrogens is 1. The predicted molar refractivity (Wildman–Crippen MR) is 160 cm³/mol. The van der Waals surface area contributed by atoms with Crippen LogP contribution in [0.5, 0.6) is 5.75 Å². The minimum Gasteiger partial charge on any atom is -0.497 e. The van der Waals surface area contributed by atoms with E-state index in [1.165, 1.54) is 19.3 Å². The van der Waals surface area contributed by atoms with Crippen LogP contribution in [0.3, 0.4) is 0 Å². The molecule has 2 aromatic rings. The SMILES string of the molecule is CCC1CC2CCCC(C2)C12OOC1(CCCC(OC(=O)NCCCC(C)Nc3cc(OC)cc4cccnc34)C1)O2. The van der Waals surface area contributed by atoms with Gasteiger partial charge in [0.15, 0.2) is 0 Å². The Bertz CT molecular complexity index is 1240. The van der Waals surface area contributed by atoms with Gasteiger partial charge in [0, 0.05) is 54.9 Å². The monoisotopic (exact) mass is 581 g/mol. The minimum atomic E-state index is -0.818. The number of benzene rings is 1. The molecule has 4 fully saturated rings. The van der Waals surface area contributed by atoms with Crippen molar-refractivity contribution in [2.45, 2.75) is 115 Å². The molecule has 1 amide bonds. The first-order chi connectivity index (χ1) is 20.4. The highest BCUT2D eigenvalue weighted by Gasteiger charge is 2.63. The van der Waals surface area contributed by atoms with Gasteiger partial charge in [0.1, 0.15) is 11.9 Å². The second kappa shape index (κ2) is 12.5. The van der Waals surface area contributed by atoms with Crippen molar-refractivity contribution in [3.8, 4) is 5.75 Å². The third-order valence-electron chi connectivity index (χ3n) is 10.00. The Hall–Kier alpha value is -2.62. The van der Waals surface area contributed by atoms with Crippen LogP contribution in [0.1, 0.15) is 90.9 Å². The lowest BCUT2D eigenvalue weighted by atomic mass is 9.63. The number of ether oxygens (including phenoxy) is 3. The van der Waals surface area contributed by atoms with Gasteiger partial charge in [0.25, 0.3) is 0 Å². The molecule has 2 heterocycles. The van der Waals surface area contributed by atoms with Crippen molar-refractivity contribution in [1.29, 1.82) is 0 Å². The topological polar surface area (TPSA) is 100 Å². The zero-order chi connectivity index (χ0) is 29.2. The summed E-state index contributed by atoms with van der Waals surface area (Å²) < 4.78 is 18.2. The highest BCUT2D eigenvalue weighted by Crippen LogP contribution is 2.58. The number of amides is 1. The molecule has 1 aliphatic heterocycles. The standard InChI is InChI=1S/C33H47N3O6/c1-4-25-17-23-10-5-12-26(18-23)33(25)40-32(41-42-33)14-6-13-27(21-32)39-31(37)35-16-7-9-22(2)36-29-20-28(38-3)19-24-11-8-15-34-30(24)29/h8,11,15,19-20,22-23,25-27,36H,4-7,9-10,12-14,16-18,21H2,1-3H3,(H,35,37). The highest BCUT2D eigenvalue weighted by atomic mass is 17.3. The Labute approximate surface area is 249 Å². The highest BCUT2D eigenvalue weighted by molar-refractivity contribution is 5.91. The number of nitrogens with zero attached hydrogens (tertiary/aromatic N) is 1.